The van der Waals surface area contributed by atoms with Crippen LogP contribution in [0.2, 0.25) is 0 Å². The highest BCUT2D eigenvalue weighted by Crippen LogP contribution is 2.31. The van der Waals surface area contributed by atoms with E-state index in [1.165, 1.54) is 0 Å². The monoisotopic (exact) mass is 401 g/mol. The molecule has 1 aromatic carbocycles. The van der Waals surface area contributed by atoms with Crippen molar-refractivity contribution in [2.24, 2.45) is 0 Å². The second kappa shape index (κ2) is 8.32. The van der Waals surface area contributed by atoms with E-state index in [1.54, 1.807) is 12.3 Å². The Bertz CT molecular complexity index is 752. The minimum atomic E-state index is 0.181. The zero-order valence-electron chi connectivity index (χ0n) is 14.1. The number of rotatable bonds is 6. The number of nitrogens with zero attached hydrogens (tertiary/aromatic N) is 3. The summed E-state index contributed by atoms with van der Waals surface area (Å²) in [6.45, 7) is 2.07. The fourth-order valence-electron chi connectivity index (χ4n) is 2.82. The third-order valence-corrected chi connectivity index (χ3v) is 4.82. The number of anilines is 1. The largest absolute Gasteiger partial charge is 0.489 e. The average Bonchev–Trinajstić information content (AvgIpc) is 3.15. The van der Waals surface area contributed by atoms with Crippen molar-refractivity contribution in [2.75, 3.05) is 25.2 Å². The molecule has 2 heterocycles. The highest BCUT2D eigenvalue weighted by molar-refractivity contribution is 9.10. The van der Waals surface area contributed by atoms with Gasteiger partial charge < -0.3 is 14.4 Å². The number of nitriles is 1. The fourth-order valence-corrected chi connectivity index (χ4v) is 3.34. The molecule has 5 nitrogen and oxygen atoms in total. The number of halogens is 1. The van der Waals surface area contributed by atoms with E-state index in [-0.39, 0.29) is 6.10 Å². The van der Waals surface area contributed by atoms with Crippen molar-refractivity contribution in [3.05, 3.63) is 52.3 Å². The molecular formula is C19H20BrN3O2. The maximum Gasteiger partial charge on any atom is 0.140 e. The van der Waals surface area contributed by atoms with Crippen molar-refractivity contribution in [1.29, 1.82) is 5.26 Å². The molecule has 6 heteroatoms. The normalized spacial score (nSPS) is 16.4. The van der Waals surface area contributed by atoms with Gasteiger partial charge in [-0.1, -0.05) is 12.1 Å². The molecule has 2 aromatic rings. The summed E-state index contributed by atoms with van der Waals surface area (Å²) in [5.74, 6) is 0.853. The van der Waals surface area contributed by atoms with E-state index in [2.05, 4.69) is 31.9 Å². The van der Waals surface area contributed by atoms with Crippen LogP contribution in [0.3, 0.4) is 0 Å². The zero-order valence-corrected chi connectivity index (χ0v) is 15.7. The van der Waals surface area contributed by atoms with Gasteiger partial charge in [-0.15, -0.1) is 0 Å². The molecule has 130 valence electrons. The van der Waals surface area contributed by atoms with Gasteiger partial charge in [0.1, 0.15) is 24.1 Å². The summed E-state index contributed by atoms with van der Waals surface area (Å²) in [6.07, 6.45) is 4.05. The Morgan fingerprint density at radius 2 is 2.28 bits per heavy atom. The first-order chi connectivity index (χ1) is 12.2. The summed E-state index contributed by atoms with van der Waals surface area (Å²) in [4.78, 5) is 6.21. The molecule has 0 bridgehead atoms. The first-order valence-electron chi connectivity index (χ1n) is 8.26. The average molecular weight is 402 g/mol. The van der Waals surface area contributed by atoms with Gasteiger partial charge >= 0.3 is 0 Å². The molecule has 1 unspecified atom stereocenters. The van der Waals surface area contributed by atoms with Gasteiger partial charge in [-0.2, -0.15) is 5.26 Å². The Hall–Kier alpha value is -2.10. The Balaban J connectivity index is 1.72. The van der Waals surface area contributed by atoms with Gasteiger partial charge in [-0.25, -0.2) is 4.98 Å². The van der Waals surface area contributed by atoms with Crippen LogP contribution in [-0.2, 0) is 11.3 Å². The zero-order chi connectivity index (χ0) is 17.6. The lowest BCUT2D eigenvalue weighted by atomic mass is 10.2. The molecule has 25 heavy (non-hydrogen) atoms. The summed E-state index contributed by atoms with van der Waals surface area (Å²) in [5.41, 5.74) is 2.45. The first kappa shape index (κ1) is 17.7. The van der Waals surface area contributed by atoms with Crippen LogP contribution in [0.5, 0.6) is 5.75 Å². The first-order valence-corrected chi connectivity index (χ1v) is 9.06. The van der Waals surface area contributed by atoms with Crippen molar-refractivity contribution in [1.82, 2.24) is 4.98 Å². The van der Waals surface area contributed by atoms with Crippen LogP contribution in [0.15, 0.2) is 41.0 Å². The van der Waals surface area contributed by atoms with Crippen LogP contribution in [-0.4, -0.2) is 31.3 Å². The Kier molecular flexibility index (Phi) is 5.90. The highest BCUT2D eigenvalue weighted by atomic mass is 79.9. The van der Waals surface area contributed by atoms with Crippen molar-refractivity contribution in [3.63, 3.8) is 0 Å². The summed E-state index contributed by atoms with van der Waals surface area (Å²) < 4.78 is 12.6. The lowest BCUT2D eigenvalue weighted by molar-refractivity contribution is 0.0673. The van der Waals surface area contributed by atoms with Crippen molar-refractivity contribution in [3.8, 4) is 11.8 Å². The number of para-hydroxylation sites is 1. The molecule has 0 N–H and O–H groups in total. The smallest absolute Gasteiger partial charge is 0.140 e. The third kappa shape index (κ3) is 4.50. The quantitative estimate of drug-likeness (QED) is 0.734. The van der Waals surface area contributed by atoms with Crippen molar-refractivity contribution >= 4 is 21.6 Å². The van der Waals surface area contributed by atoms with E-state index >= 15 is 0 Å². The van der Waals surface area contributed by atoms with E-state index < -0.39 is 0 Å². The molecule has 0 radical (unpaired) electrons. The van der Waals surface area contributed by atoms with E-state index in [4.69, 9.17) is 14.7 Å². The molecule has 1 saturated heterocycles. The number of aromatic nitrogens is 1. The summed E-state index contributed by atoms with van der Waals surface area (Å²) >= 11 is 3.59. The van der Waals surface area contributed by atoms with Crippen LogP contribution in [0, 0.1) is 11.3 Å². The minimum absolute atomic E-state index is 0.181. The molecular weight excluding hydrogens is 382 g/mol. The highest BCUT2D eigenvalue weighted by Gasteiger charge is 2.18. The SMILES string of the molecule is CN(Cc1cccc(Br)c1OCC1CCCO1)c1ccc(C#N)nc1. The number of hydrogen-bond acceptors (Lipinski definition) is 5. The summed E-state index contributed by atoms with van der Waals surface area (Å²) in [7, 11) is 1.99. The second-order valence-electron chi connectivity index (χ2n) is 6.04. The Morgan fingerprint density at radius 1 is 1.40 bits per heavy atom. The molecule has 1 atom stereocenters. The molecule has 0 aliphatic carbocycles. The molecule has 1 aliphatic rings. The second-order valence-corrected chi connectivity index (χ2v) is 6.90. The lowest BCUT2D eigenvalue weighted by Gasteiger charge is -2.22. The Labute approximate surface area is 156 Å². The van der Waals surface area contributed by atoms with E-state index in [0.717, 1.165) is 40.9 Å². The predicted molar refractivity (Wildman–Crippen MR) is 99.7 cm³/mol. The van der Waals surface area contributed by atoms with Crippen LogP contribution in [0.25, 0.3) is 0 Å². The maximum absolute atomic E-state index is 8.86. The molecule has 0 amide bonds. The van der Waals surface area contributed by atoms with Gasteiger partial charge in [0.15, 0.2) is 0 Å². The third-order valence-electron chi connectivity index (χ3n) is 4.20. The van der Waals surface area contributed by atoms with E-state index in [1.807, 2.05) is 31.3 Å². The number of hydrogen-bond donors (Lipinski definition) is 0. The van der Waals surface area contributed by atoms with Crippen molar-refractivity contribution < 1.29 is 9.47 Å². The Morgan fingerprint density at radius 3 is 2.96 bits per heavy atom. The predicted octanol–water partition coefficient (Wildman–Crippen LogP) is 3.91. The minimum Gasteiger partial charge on any atom is -0.489 e. The molecule has 0 spiro atoms. The van der Waals surface area contributed by atoms with Gasteiger partial charge in [0, 0.05) is 25.8 Å². The molecule has 1 aliphatic heterocycles. The molecule has 3 rings (SSSR count). The number of ether oxygens (including phenoxy) is 2. The maximum atomic E-state index is 8.86. The number of pyridine rings is 1. The van der Waals surface area contributed by atoms with Crippen LogP contribution >= 0.6 is 15.9 Å². The van der Waals surface area contributed by atoms with Crippen LogP contribution in [0.4, 0.5) is 5.69 Å². The van der Waals surface area contributed by atoms with Crippen LogP contribution in [0.1, 0.15) is 24.1 Å². The molecule has 0 saturated carbocycles. The summed E-state index contributed by atoms with van der Waals surface area (Å²) in [5, 5.41) is 8.86. The van der Waals surface area contributed by atoms with Gasteiger partial charge in [-0.05, 0) is 47.0 Å². The van der Waals surface area contributed by atoms with Gasteiger partial charge in [0.05, 0.1) is 22.5 Å². The van der Waals surface area contributed by atoms with Gasteiger partial charge in [0.25, 0.3) is 0 Å². The van der Waals surface area contributed by atoms with Crippen molar-refractivity contribution in [2.45, 2.75) is 25.5 Å². The standard InChI is InChI=1S/C19H20BrN3O2/c1-23(16-8-7-15(10-21)22-11-16)12-14-4-2-6-18(20)19(14)25-13-17-5-3-9-24-17/h2,4,6-8,11,17H,3,5,9,12-13H2,1H3. The van der Waals surface area contributed by atoms with Crippen LogP contribution < -0.4 is 9.64 Å². The van der Waals surface area contributed by atoms with Gasteiger partial charge in [0.2, 0.25) is 0 Å². The van der Waals surface area contributed by atoms with E-state index in [0.29, 0.717) is 18.8 Å². The molecule has 1 aromatic heterocycles. The lowest BCUT2D eigenvalue weighted by Crippen LogP contribution is -2.20. The van der Waals surface area contributed by atoms with E-state index in [9.17, 15) is 0 Å². The molecule has 1 fully saturated rings. The topological polar surface area (TPSA) is 58.4 Å². The number of benzene rings is 1. The summed E-state index contributed by atoms with van der Waals surface area (Å²) in [6, 6.07) is 11.7. The van der Waals surface area contributed by atoms with Gasteiger partial charge in [-0.3, -0.25) is 0 Å². The fraction of sp³-hybridized carbons (Fsp3) is 0.368.